The topological polar surface area (TPSA) is 55.8 Å². The lowest BCUT2D eigenvalue weighted by atomic mass is 9.95. The van der Waals surface area contributed by atoms with Crippen LogP contribution in [0.15, 0.2) is 12.1 Å². The van der Waals surface area contributed by atoms with Crippen molar-refractivity contribution >= 4 is 11.7 Å². The van der Waals surface area contributed by atoms with E-state index in [-0.39, 0.29) is 30.3 Å². The zero-order valence-electron chi connectivity index (χ0n) is 16.3. The van der Waals surface area contributed by atoms with E-state index in [2.05, 4.69) is 0 Å². The van der Waals surface area contributed by atoms with Gasteiger partial charge in [0.15, 0.2) is 5.78 Å². The van der Waals surface area contributed by atoms with Crippen molar-refractivity contribution in [1.82, 2.24) is 4.90 Å². The second kappa shape index (κ2) is 8.60. The average molecular weight is 389 g/mol. The van der Waals surface area contributed by atoms with Crippen molar-refractivity contribution in [1.29, 1.82) is 0 Å². The Morgan fingerprint density at radius 2 is 1.89 bits per heavy atom. The number of rotatable bonds is 4. The van der Waals surface area contributed by atoms with Crippen LogP contribution in [0.25, 0.3) is 0 Å². The summed E-state index contributed by atoms with van der Waals surface area (Å²) in [7, 11) is 0. The predicted molar refractivity (Wildman–Crippen MR) is 102 cm³/mol. The molecule has 1 amide bonds. The molecule has 1 saturated heterocycles. The van der Waals surface area contributed by atoms with Crippen molar-refractivity contribution < 1.29 is 23.5 Å². The van der Waals surface area contributed by atoms with Gasteiger partial charge in [-0.2, -0.15) is 0 Å². The van der Waals surface area contributed by atoms with Crippen LogP contribution in [-0.4, -0.2) is 49.0 Å². The molecule has 1 aromatic rings. The SMILES string of the molecule is O=C1COc2cc(F)c(C(=O)N3CCC(COC4CCCCC4)CC3)cc2C1. The van der Waals surface area contributed by atoms with E-state index in [1.165, 1.54) is 44.2 Å². The van der Waals surface area contributed by atoms with Crippen LogP contribution < -0.4 is 4.74 Å². The van der Waals surface area contributed by atoms with Crippen LogP contribution in [0.1, 0.15) is 60.9 Å². The first-order valence-corrected chi connectivity index (χ1v) is 10.5. The van der Waals surface area contributed by atoms with Gasteiger partial charge in [0, 0.05) is 37.7 Å². The van der Waals surface area contributed by atoms with E-state index in [4.69, 9.17) is 9.47 Å². The minimum atomic E-state index is -0.583. The summed E-state index contributed by atoms with van der Waals surface area (Å²) in [5, 5.41) is 0. The van der Waals surface area contributed by atoms with Gasteiger partial charge in [0.1, 0.15) is 18.2 Å². The molecule has 0 atom stereocenters. The largest absolute Gasteiger partial charge is 0.485 e. The second-order valence-electron chi connectivity index (χ2n) is 8.27. The summed E-state index contributed by atoms with van der Waals surface area (Å²) in [4.78, 5) is 26.1. The molecule has 1 saturated carbocycles. The highest BCUT2D eigenvalue weighted by molar-refractivity contribution is 5.95. The fourth-order valence-corrected chi connectivity index (χ4v) is 4.43. The van der Waals surface area contributed by atoms with Gasteiger partial charge in [-0.3, -0.25) is 9.59 Å². The lowest BCUT2D eigenvalue weighted by Crippen LogP contribution is -2.40. The Labute approximate surface area is 165 Å². The molecule has 0 bridgehead atoms. The third-order valence-corrected chi connectivity index (χ3v) is 6.18. The monoisotopic (exact) mass is 389 g/mol. The quantitative estimate of drug-likeness (QED) is 0.791. The standard InChI is InChI=1S/C22H28FNO4/c23-20-12-21-16(10-17(25)14-28-21)11-19(20)22(26)24-8-6-15(7-9-24)13-27-18-4-2-1-3-5-18/h11-12,15,18H,1-10,13-14H2. The third-order valence-electron chi connectivity index (χ3n) is 6.18. The van der Waals surface area contributed by atoms with Crippen LogP contribution in [-0.2, 0) is 16.0 Å². The van der Waals surface area contributed by atoms with Gasteiger partial charge in [0.25, 0.3) is 5.91 Å². The fraction of sp³-hybridized carbons (Fsp3) is 0.636. The zero-order valence-corrected chi connectivity index (χ0v) is 16.3. The normalized spacial score (nSPS) is 21.3. The maximum Gasteiger partial charge on any atom is 0.256 e. The molecular weight excluding hydrogens is 361 g/mol. The predicted octanol–water partition coefficient (Wildman–Crippen LogP) is 3.53. The Balaban J connectivity index is 1.32. The molecule has 6 heteroatoms. The van der Waals surface area contributed by atoms with Crippen molar-refractivity contribution in [3.05, 3.63) is 29.1 Å². The molecule has 5 nitrogen and oxygen atoms in total. The first-order valence-electron chi connectivity index (χ1n) is 10.5. The number of ketones is 1. The number of carbonyl (C=O) groups excluding carboxylic acids is 2. The smallest absolute Gasteiger partial charge is 0.256 e. The number of amides is 1. The van der Waals surface area contributed by atoms with E-state index in [1.807, 2.05) is 0 Å². The fourth-order valence-electron chi connectivity index (χ4n) is 4.43. The number of hydrogen-bond acceptors (Lipinski definition) is 4. The Hall–Kier alpha value is -1.95. The molecule has 1 aromatic carbocycles. The number of fused-ring (bicyclic) bond motifs is 1. The maximum atomic E-state index is 14.5. The zero-order chi connectivity index (χ0) is 19.5. The Morgan fingerprint density at radius 3 is 2.64 bits per heavy atom. The van der Waals surface area contributed by atoms with E-state index in [1.54, 1.807) is 4.90 Å². The van der Waals surface area contributed by atoms with E-state index < -0.39 is 5.82 Å². The van der Waals surface area contributed by atoms with E-state index in [0.717, 1.165) is 19.4 Å². The van der Waals surface area contributed by atoms with Crippen LogP contribution in [0.2, 0.25) is 0 Å². The minimum Gasteiger partial charge on any atom is -0.485 e. The van der Waals surface area contributed by atoms with Crippen LogP contribution in [0.3, 0.4) is 0 Å². The van der Waals surface area contributed by atoms with Crippen molar-refractivity contribution in [2.75, 3.05) is 26.3 Å². The van der Waals surface area contributed by atoms with Gasteiger partial charge in [0.05, 0.1) is 11.7 Å². The van der Waals surface area contributed by atoms with Gasteiger partial charge in [-0.05, 0) is 37.7 Å². The highest BCUT2D eigenvalue weighted by Gasteiger charge is 2.28. The van der Waals surface area contributed by atoms with Crippen molar-refractivity contribution in [2.45, 2.75) is 57.5 Å². The number of Topliss-reactive ketones (excluding diaryl/α,β-unsaturated/α-hetero) is 1. The number of hydrogen-bond donors (Lipinski definition) is 0. The summed E-state index contributed by atoms with van der Waals surface area (Å²) >= 11 is 0. The van der Waals surface area contributed by atoms with Crippen molar-refractivity contribution in [2.24, 2.45) is 5.92 Å². The highest BCUT2D eigenvalue weighted by atomic mass is 19.1. The molecule has 4 rings (SSSR count). The number of ether oxygens (including phenoxy) is 2. The lowest BCUT2D eigenvalue weighted by Gasteiger charge is -2.33. The first-order chi connectivity index (χ1) is 13.6. The highest BCUT2D eigenvalue weighted by Crippen LogP contribution is 2.29. The summed E-state index contributed by atoms with van der Waals surface area (Å²) in [6.07, 6.45) is 8.54. The molecule has 28 heavy (non-hydrogen) atoms. The molecule has 0 N–H and O–H groups in total. The minimum absolute atomic E-state index is 0.0316. The van der Waals surface area contributed by atoms with Crippen molar-refractivity contribution in [3.63, 3.8) is 0 Å². The van der Waals surface area contributed by atoms with Crippen molar-refractivity contribution in [3.8, 4) is 5.75 Å². The molecule has 0 unspecified atom stereocenters. The van der Waals surface area contributed by atoms with E-state index in [9.17, 15) is 14.0 Å². The molecule has 2 heterocycles. The molecule has 0 radical (unpaired) electrons. The Morgan fingerprint density at radius 1 is 1.14 bits per heavy atom. The summed E-state index contributed by atoms with van der Waals surface area (Å²) in [5.74, 6) is -0.111. The Bertz CT molecular complexity index is 736. The Kier molecular flexibility index (Phi) is 5.95. The number of benzene rings is 1. The van der Waals surface area contributed by atoms with Gasteiger partial charge in [0.2, 0.25) is 0 Å². The molecule has 2 aliphatic heterocycles. The van der Waals surface area contributed by atoms with Gasteiger partial charge >= 0.3 is 0 Å². The van der Waals surface area contributed by atoms with Crippen LogP contribution in [0, 0.1) is 11.7 Å². The number of halogens is 1. The molecule has 3 aliphatic rings. The number of piperidine rings is 1. The second-order valence-corrected chi connectivity index (χ2v) is 8.27. The van der Waals surface area contributed by atoms with Crippen LogP contribution >= 0.6 is 0 Å². The summed E-state index contributed by atoms with van der Waals surface area (Å²) in [6, 6.07) is 2.72. The number of carbonyl (C=O) groups is 2. The maximum absolute atomic E-state index is 14.5. The molecule has 0 spiro atoms. The number of nitrogens with zero attached hydrogens (tertiary/aromatic N) is 1. The van der Waals surface area contributed by atoms with Gasteiger partial charge < -0.3 is 14.4 Å². The lowest BCUT2D eigenvalue weighted by molar-refractivity contribution is -0.121. The molecule has 2 fully saturated rings. The molecule has 1 aliphatic carbocycles. The van der Waals surface area contributed by atoms with E-state index >= 15 is 0 Å². The number of likely N-dealkylation sites (tertiary alicyclic amines) is 1. The molecular formula is C22H28FNO4. The van der Waals surface area contributed by atoms with Crippen LogP contribution in [0.4, 0.5) is 4.39 Å². The molecule has 0 aromatic heterocycles. The van der Waals surface area contributed by atoms with Gasteiger partial charge in [-0.15, -0.1) is 0 Å². The van der Waals surface area contributed by atoms with Crippen LogP contribution in [0.5, 0.6) is 5.75 Å². The van der Waals surface area contributed by atoms with Gasteiger partial charge in [-0.25, -0.2) is 4.39 Å². The van der Waals surface area contributed by atoms with Gasteiger partial charge in [-0.1, -0.05) is 19.3 Å². The third kappa shape index (κ3) is 4.37. The average Bonchev–Trinajstić information content (AvgIpc) is 2.73. The first kappa shape index (κ1) is 19.4. The molecule has 152 valence electrons. The summed E-state index contributed by atoms with van der Waals surface area (Å²) < 4.78 is 25.8. The van der Waals surface area contributed by atoms with E-state index in [0.29, 0.717) is 36.4 Å². The summed E-state index contributed by atoms with van der Waals surface area (Å²) in [5.41, 5.74) is 0.630. The summed E-state index contributed by atoms with van der Waals surface area (Å²) in [6.45, 7) is 1.96.